The number of hydrogen-bond donors (Lipinski definition) is 2. The topological polar surface area (TPSA) is 112 Å². The normalized spacial score (nSPS) is 19.5. The van der Waals surface area contributed by atoms with Crippen LogP contribution in [0, 0.1) is 0 Å². The number of rotatable bonds is 11. The molecule has 9 nitrogen and oxygen atoms in total. The third kappa shape index (κ3) is 6.40. The maximum absolute atomic E-state index is 12.9. The van der Waals surface area contributed by atoms with E-state index in [1.54, 1.807) is 14.2 Å². The van der Waals surface area contributed by atoms with Gasteiger partial charge in [-0.3, -0.25) is 0 Å². The van der Waals surface area contributed by atoms with Crippen LogP contribution in [0.4, 0.5) is 0 Å². The van der Waals surface area contributed by atoms with Crippen molar-refractivity contribution in [1.82, 2.24) is 9.55 Å². The second-order valence-electron chi connectivity index (χ2n) is 10.8. The van der Waals surface area contributed by atoms with Crippen LogP contribution in [-0.2, 0) is 15.1 Å². The molecule has 46 heavy (non-hydrogen) atoms. The van der Waals surface area contributed by atoms with Gasteiger partial charge < -0.3 is 0 Å². The molecule has 1 fully saturated rings. The number of aromatic amines is 1. The Morgan fingerprint density at radius 2 is 1.33 bits per heavy atom. The molecule has 0 spiro atoms. The number of ether oxygens (including phenoxy) is 4. The van der Waals surface area contributed by atoms with Crippen molar-refractivity contribution in [2.75, 3.05) is 20.8 Å². The minimum atomic E-state index is -1.11. The first kappa shape index (κ1) is 31.8. The van der Waals surface area contributed by atoms with E-state index in [-0.39, 0.29) is 10.6 Å². The van der Waals surface area contributed by atoms with E-state index in [2.05, 4.69) is 4.98 Å². The quantitative estimate of drug-likeness (QED) is 0.158. The molecule has 0 saturated carbocycles. The van der Waals surface area contributed by atoms with Crippen molar-refractivity contribution in [3.63, 3.8) is 0 Å². The van der Waals surface area contributed by atoms with Crippen LogP contribution in [-0.4, -0.2) is 68.6 Å². The second-order valence-corrected chi connectivity index (χ2v) is 14.4. The molecule has 1 aliphatic heterocycles. The SMILES string of the molecule is COc1ccc(C(OC[C@H]2O[C@@H](n3ccc(=O)[nH]c3=O)[C@H]([Te]c3ccccc3)[C@@H]2O)(c2ccccc2)c2ccc(OC)cc2)cc1. The van der Waals surface area contributed by atoms with Gasteiger partial charge >= 0.3 is 277 Å². The Morgan fingerprint density at radius 3 is 1.87 bits per heavy atom. The number of hydrogen-bond acceptors (Lipinski definition) is 7. The Morgan fingerprint density at radius 1 is 0.783 bits per heavy atom. The first-order valence-corrected chi connectivity index (χ1v) is 17.3. The summed E-state index contributed by atoms with van der Waals surface area (Å²) in [5, 5.41) is 11.8. The predicted octanol–water partition coefficient (Wildman–Crippen LogP) is 3.64. The molecule has 4 atom stereocenters. The number of benzene rings is 4. The van der Waals surface area contributed by atoms with Crippen LogP contribution in [0.25, 0.3) is 0 Å². The third-order valence-electron chi connectivity index (χ3n) is 8.09. The molecule has 2 heterocycles. The van der Waals surface area contributed by atoms with Gasteiger partial charge in [0.2, 0.25) is 0 Å². The van der Waals surface area contributed by atoms with Gasteiger partial charge in [-0.1, -0.05) is 0 Å². The number of aliphatic hydroxyl groups excluding tert-OH is 1. The second kappa shape index (κ2) is 14.1. The Bertz CT molecular complexity index is 1800. The van der Waals surface area contributed by atoms with Gasteiger partial charge in [-0.05, 0) is 0 Å². The Kier molecular flexibility index (Phi) is 9.73. The third-order valence-corrected chi connectivity index (χ3v) is 11.9. The van der Waals surface area contributed by atoms with Gasteiger partial charge in [0.05, 0.1) is 0 Å². The molecule has 6 rings (SSSR count). The number of H-pyrrole nitrogens is 1. The van der Waals surface area contributed by atoms with Crippen LogP contribution in [0.5, 0.6) is 11.5 Å². The van der Waals surface area contributed by atoms with Crippen LogP contribution < -0.4 is 24.3 Å². The summed E-state index contributed by atoms with van der Waals surface area (Å²) < 4.78 is 26.5. The van der Waals surface area contributed by atoms with E-state index in [0.29, 0.717) is 11.5 Å². The van der Waals surface area contributed by atoms with E-state index >= 15 is 0 Å². The number of methoxy groups -OCH3 is 2. The Balaban J connectivity index is 1.41. The monoisotopic (exact) mass is 736 g/mol. The van der Waals surface area contributed by atoms with Crippen LogP contribution >= 0.6 is 0 Å². The van der Waals surface area contributed by atoms with Crippen molar-refractivity contribution in [2.24, 2.45) is 0 Å². The fourth-order valence-electron chi connectivity index (χ4n) is 5.77. The van der Waals surface area contributed by atoms with E-state index in [4.69, 9.17) is 18.9 Å². The van der Waals surface area contributed by atoms with Crippen LogP contribution in [0.1, 0.15) is 22.9 Å². The van der Waals surface area contributed by atoms with Gasteiger partial charge in [-0.15, -0.1) is 0 Å². The van der Waals surface area contributed by atoms with Gasteiger partial charge in [-0.2, -0.15) is 0 Å². The molecule has 236 valence electrons. The summed E-state index contributed by atoms with van der Waals surface area (Å²) in [5.41, 5.74) is 0.372. The Hall–Kier alpha value is -4.17. The molecule has 4 aromatic carbocycles. The zero-order chi connectivity index (χ0) is 32.1. The molecule has 0 aliphatic carbocycles. The molecule has 10 heteroatoms. The van der Waals surface area contributed by atoms with Crippen molar-refractivity contribution >= 4 is 24.5 Å². The van der Waals surface area contributed by atoms with E-state index in [1.807, 2.05) is 109 Å². The number of nitrogens with zero attached hydrogens (tertiary/aromatic N) is 1. The maximum atomic E-state index is 12.9. The molecular weight excluding hydrogens is 700 g/mol. The summed E-state index contributed by atoms with van der Waals surface area (Å²) >= 11 is -1.06. The van der Waals surface area contributed by atoms with Crippen LogP contribution in [0.15, 0.2) is 131 Å². The van der Waals surface area contributed by atoms with Crippen molar-refractivity contribution in [3.8, 4) is 11.5 Å². The van der Waals surface area contributed by atoms with Crippen molar-refractivity contribution < 1.29 is 24.1 Å². The van der Waals surface area contributed by atoms with E-state index in [0.717, 1.165) is 20.3 Å². The van der Waals surface area contributed by atoms with Crippen molar-refractivity contribution in [3.05, 3.63) is 159 Å². The molecule has 0 unspecified atom stereocenters. The average Bonchev–Trinajstić information content (AvgIpc) is 3.40. The summed E-state index contributed by atoms with van der Waals surface area (Å²) in [6.07, 6.45) is -1.08. The summed E-state index contributed by atoms with van der Waals surface area (Å²) in [4.78, 5) is 27.1. The zero-order valence-electron chi connectivity index (χ0n) is 25.3. The zero-order valence-corrected chi connectivity index (χ0v) is 27.6. The molecule has 5 aromatic rings. The van der Waals surface area contributed by atoms with E-state index in [1.165, 1.54) is 16.8 Å². The van der Waals surface area contributed by atoms with Gasteiger partial charge in [-0.25, -0.2) is 0 Å². The van der Waals surface area contributed by atoms with Crippen molar-refractivity contribution in [2.45, 2.75) is 28.0 Å². The number of aromatic nitrogens is 2. The van der Waals surface area contributed by atoms with E-state index in [9.17, 15) is 14.7 Å². The summed E-state index contributed by atoms with van der Waals surface area (Å²) in [6.45, 7) is 0.000972. The fourth-order valence-corrected chi connectivity index (χ4v) is 9.35. The number of aliphatic hydroxyl groups is 1. The standard InChI is InChI=1S/C36H34N2O7Te/c1-42-27-17-13-25(14-18-27)36(24-9-5-3-6-10-24,26-15-19-28(43-2)20-16-26)44-23-30-32(40)33(46-29-11-7-4-8-12-29)34(45-30)38-22-21-31(39)37-35(38)41/h3-22,30,32-34,40H,23H2,1-2H3,(H,37,39,41)/t30-,32-,33-,34-/m1/s1. The molecule has 1 aliphatic rings. The summed E-state index contributed by atoms with van der Waals surface area (Å²) in [5.74, 6) is 1.41. The minimum absolute atomic E-state index is 0.000972. The molecular formula is C36H34N2O7Te. The summed E-state index contributed by atoms with van der Waals surface area (Å²) in [7, 11) is 3.24. The first-order valence-electron chi connectivity index (χ1n) is 14.8. The molecule has 1 saturated heterocycles. The molecule has 0 radical (unpaired) electrons. The Labute approximate surface area is 276 Å². The van der Waals surface area contributed by atoms with E-state index < -0.39 is 56.2 Å². The summed E-state index contributed by atoms with van der Waals surface area (Å²) in [6, 6.07) is 36.5. The predicted molar refractivity (Wildman–Crippen MR) is 175 cm³/mol. The van der Waals surface area contributed by atoms with Gasteiger partial charge in [0.25, 0.3) is 0 Å². The van der Waals surface area contributed by atoms with Crippen LogP contribution in [0.3, 0.4) is 0 Å². The van der Waals surface area contributed by atoms with Gasteiger partial charge in [0.15, 0.2) is 0 Å². The van der Waals surface area contributed by atoms with Gasteiger partial charge in [0.1, 0.15) is 0 Å². The molecule has 0 bridgehead atoms. The van der Waals surface area contributed by atoms with Crippen LogP contribution in [0.2, 0.25) is 3.97 Å². The molecule has 2 N–H and O–H groups in total. The molecule has 1 aromatic heterocycles. The average molecular weight is 734 g/mol. The first-order chi connectivity index (χ1) is 22.4. The van der Waals surface area contributed by atoms with Gasteiger partial charge in [0, 0.05) is 0 Å². The number of nitrogens with one attached hydrogen (secondary N) is 1. The molecule has 0 amide bonds. The fraction of sp³-hybridized carbons (Fsp3) is 0.222. The van der Waals surface area contributed by atoms with Crippen molar-refractivity contribution in [1.29, 1.82) is 0 Å².